The van der Waals surface area contributed by atoms with E-state index in [9.17, 15) is 18.0 Å². The van der Waals surface area contributed by atoms with Gasteiger partial charge in [0.1, 0.15) is 0 Å². The maximum atomic E-state index is 12.8. The first-order valence-electron chi connectivity index (χ1n) is 8.26. The summed E-state index contributed by atoms with van der Waals surface area (Å²) in [7, 11) is 0. The van der Waals surface area contributed by atoms with Crippen LogP contribution in [0.5, 0.6) is 0 Å². The Balaban J connectivity index is 2.53. The van der Waals surface area contributed by atoms with Crippen LogP contribution in [0.3, 0.4) is 0 Å². The van der Waals surface area contributed by atoms with Crippen molar-refractivity contribution in [2.24, 2.45) is 0 Å². The highest BCUT2D eigenvalue weighted by molar-refractivity contribution is 5.91. The second-order valence-corrected chi connectivity index (χ2v) is 5.79. The number of nitrogens with zero attached hydrogens (tertiary/aromatic N) is 1. The van der Waals surface area contributed by atoms with Crippen molar-refractivity contribution in [2.45, 2.75) is 45.7 Å². The Kier molecular flexibility index (Phi) is 8.04. The molecule has 0 unspecified atom stereocenters. The Morgan fingerprint density at radius 1 is 1.17 bits per heavy atom. The molecule has 7 heteroatoms. The number of anilines is 2. The molecule has 0 radical (unpaired) electrons. The number of carbonyl (C=O) groups excluding carboxylic acids is 1. The van der Waals surface area contributed by atoms with E-state index in [1.165, 1.54) is 6.07 Å². The number of nitrogens with two attached hydrogens (primary N) is 1. The van der Waals surface area contributed by atoms with Crippen LogP contribution in [0, 0.1) is 0 Å². The van der Waals surface area contributed by atoms with Crippen molar-refractivity contribution in [1.29, 1.82) is 0 Å². The third kappa shape index (κ3) is 6.78. The smallest absolute Gasteiger partial charge is 0.398 e. The van der Waals surface area contributed by atoms with Crippen LogP contribution in [-0.4, -0.2) is 30.4 Å². The molecule has 0 fully saturated rings. The largest absolute Gasteiger partial charge is 0.418 e. The second kappa shape index (κ2) is 9.52. The summed E-state index contributed by atoms with van der Waals surface area (Å²) >= 11 is 0. The molecule has 4 nitrogen and oxygen atoms in total. The van der Waals surface area contributed by atoms with Gasteiger partial charge in [0, 0.05) is 17.8 Å². The molecular formula is C17H26F3N3O. The Hall–Kier alpha value is -1.76. The normalized spacial score (nSPS) is 11.8. The lowest BCUT2D eigenvalue weighted by Gasteiger charge is -2.20. The fourth-order valence-electron chi connectivity index (χ4n) is 2.53. The summed E-state index contributed by atoms with van der Waals surface area (Å²) in [6.07, 6.45) is -1.48. The zero-order chi connectivity index (χ0) is 18.2. The Bertz CT molecular complexity index is 526. The van der Waals surface area contributed by atoms with Crippen molar-refractivity contribution in [2.75, 3.05) is 30.7 Å². The summed E-state index contributed by atoms with van der Waals surface area (Å²) in [4.78, 5) is 14.2. The molecule has 0 aromatic heterocycles. The van der Waals surface area contributed by atoms with Crippen LogP contribution in [0.2, 0.25) is 0 Å². The SMILES string of the molecule is CCCN(CCC)CCCC(=O)Nc1ccc(N)c(C(F)(F)F)c1. The number of carbonyl (C=O) groups is 1. The van der Waals surface area contributed by atoms with Crippen molar-refractivity contribution >= 4 is 17.3 Å². The molecule has 1 rings (SSSR count). The summed E-state index contributed by atoms with van der Waals surface area (Å²) in [6.45, 7) is 7.00. The number of benzene rings is 1. The van der Waals surface area contributed by atoms with E-state index in [2.05, 4.69) is 24.1 Å². The van der Waals surface area contributed by atoms with Gasteiger partial charge < -0.3 is 16.0 Å². The van der Waals surface area contributed by atoms with E-state index in [-0.39, 0.29) is 23.7 Å². The summed E-state index contributed by atoms with van der Waals surface area (Å²) in [5.74, 6) is -0.291. The molecule has 1 aromatic carbocycles. The van der Waals surface area contributed by atoms with Crippen molar-refractivity contribution < 1.29 is 18.0 Å². The third-order valence-corrected chi connectivity index (χ3v) is 3.60. The molecule has 0 atom stereocenters. The molecule has 0 aliphatic carbocycles. The summed E-state index contributed by atoms with van der Waals surface area (Å²) < 4.78 is 38.4. The molecule has 136 valence electrons. The first-order chi connectivity index (χ1) is 11.3. The zero-order valence-corrected chi connectivity index (χ0v) is 14.2. The van der Waals surface area contributed by atoms with E-state index in [0.29, 0.717) is 6.42 Å². The minimum Gasteiger partial charge on any atom is -0.398 e. The molecule has 0 heterocycles. The van der Waals surface area contributed by atoms with Gasteiger partial charge >= 0.3 is 6.18 Å². The average molecular weight is 345 g/mol. The lowest BCUT2D eigenvalue weighted by atomic mass is 10.1. The monoisotopic (exact) mass is 345 g/mol. The molecule has 0 aliphatic rings. The molecule has 1 aromatic rings. The second-order valence-electron chi connectivity index (χ2n) is 5.79. The Morgan fingerprint density at radius 3 is 2.33 bits per heavy atom. The zero-order valence-electron chi connectivity index (χ0n) is 14.2. The topological polar surface area (TPSA) is 58.4 Å². The van der Waals surface area contributed by atoms with Crippen LogP contribution in [0.25, 0.3) is 0 Å². The molecule has 3 N–H and O–H groups in total. The molecular weight excluding hydrogens is 319 g/mol. The van der Waals surface area contributed by atoms with Crippen molar-refractivity contribution in [1.82, 2.24) is 4.90 Å². The maximum Gasteiger partial charge on any atom is 0.418 e. The number of hydrogen-bond donors (Lipinski definition) is 2. The molecule has 0 saturated heterocycles. The van der Waals surface area contributed by atoms with Gasteiger partial charge in [-0.1, -0.05) is 13.8 Å². The van der Waals surface area contributed by atoms with E-state index in [0.717, 1.165) is 44.6 Å². The lowest BCUT2D eigenvalue weighted by molar-refractivity contribution is -0.136. The van der Waals surface area contributed by atoms with Crippen LogP contribution >= 0.6 is 0 Å². The van der Waals surface area contributed by atoms with Gasteiger partial charge in [-0.15, -0.1) is 0 Å². The molecule has 1 amide bonds. The molecule has 0 bridgehead atoms. The van der Waals surface area contributed by atoms with Gasteiger partial charge in [-0.25, -0.2) is 0 Å². The van der Waals surface area contributed by atoms with Gasteiger partial charge in [0.15, 0.2) is 0 Å². The Morgan fingerprint density at radius 2 is 1.79 bits per heavy atom. The van der Waals surface area contributed by atoms with Crippen molar-refractivity contribution in [3.8, 4) is 0 Å². The highest BCUT2D eigenvalue weighted by Crippen LogP contribution is 2.35. The summed E-state index contributed by atoms with van der Waals surface area (Å²) in [6, 6.07) is 3.40. The fraction of sp³-hybridized carbons (Fsp3) is 0.588. The maximum absolute atomic E-state index is 12.8. The van der Waals surface area contributed by atoms with Gasteiger partial charge in [0.25, 0.3) is 0 Å². The highest BCUT2D eigenvalue weighted by atomic mass is 19.4. The summed E-state index contributed by atoms with van der Waals surface area (Å²) in [5.41, 5.74) is 4.17. The van der Waals surface area contributed by atoms with Crippen molar-refractivity contribution in [3.63, 3.8) is 0 Å². The lowest BCUT2D eigenvalue weighted by Crippen LogP contribution is -2.27. The number of nitrogens with one attached hydrogen (secondary N) is 1. The van der Waals surface area contributed by atoms with Crippen molar-refractivity contribution in [3.05, 3.63) is 23.8 Å². The minimum absolute atomic E-state index is 0.112. The number of amides is 1. The van der Waals surface area contributed by atoms with Gasteiger partial charge in [-0.3, -0.25) is 4.79 Å². The highest BCUT2D eigenvalue weighted by Gasteiger charge is 2.33. The molecule has 0 saturated carbocycles. The Labute approximate surface area is 141 Å². The van der Waals surface area contributed by atoms with Crippen LogP contribution < -0.4 is 11.1 Å². The van der Waals surface area contributed by atoms with Gasteiger partial charge in [-0.05, 0) is 57.1 Å². The van der Waals surface area contributed by atoms with E-state index in [1.807, 2.05) is 0 Å². The van der Waals surface area contributed by atoms with Gasteiger partial charge in [0.05, 0.1) is 5.56 Å². The van der Waals surface area contributed by atoms with E-state index in [4.69, 9.17) is 5.73 Å². The fourth-order valence-corrected chi connectivity index (χ4v) is 2.53. The molecule has 0 aliphatic heterocycles. The number of alkyl halides is 3. The third-order valence-electron chi connectivity index (χ3n) is 3.60. The number of rotatable bonds is 9. The molecule has 24 heavy (non-hydrogen) atoms. The summed E-state index contributed by atoms with van der Waals surface area (Å²) in [5, 5.41) is 2.51. The first-order valence-corrected chi connectivity index (χ1v) is 8.26. The van der Waals surface area contributed by atoms with Gasteiger partial charge in [-0.2, -0.15) is 13.2 Å². The van der Waals surface area contributed by atoms with Crippen LogP contribution in [0.1, 0.15) is 45.1 Å². The standard InChI is InChI=1S/C17H26F3N3O/c1-3-9-23(10-4-2)11-5-6-16(24)22-13-7-8-15(21)14(12-13)17(18,19)20/h7-8,12H,3-6,9-11,21H2,1-2H3,(H,22,24). The minimum atomic E-state index is -4.54. The van der Waals surface area contributed by atoms with Gasteiger partial charge in [0.2, 0.25) is 5.91 Å². The van der Waals surface area contributed by atoms with Crippen LogP contribution in [-0.2, 0) is 11.0 Å². The van der Waals surface area contributed by atoms with Crippen LogP contribution in [0.15, 0.2) is 18.2 Å². The predicted molar refractivity (Wildman–Crippen MR) is 90.7 cm³/mol. The number of hydrogen-bond acceptors (Lipinski definition) is 3. The number of halogens is 3. The predicted octanol–water partition coefficient (Wildman–Crippen LogP) is 4.13. The van der Waals surface area contributed by atoms with E-state index >= 15 is 0 Å². The van der Waals surface area contributed by atoms with E-state index < -0.39 is 11.7 Å². The quantitative estimate of drug-likeness (QED) is 0.662. The van der Waals surface area contributed by atoms with Crippen LogP contribution in [0.4, 0.5) is 24.5 Å². The molecule has 0 spiro atoms. The average Bonchev–Trinajstić information content (AvgIpc) is 2.48. The first kappa shape index (κ1) is 20.3. The number of nitrogen functional groups attached to an aromatic ring is 1. The van der Waals surface area contributed by atoms with E-state index in [1.54, 1.807) is 0 Å².